The maximum atomic E-state index is 12.5. The Morgan fingerprint density at radius 3 is 3.00 bits per heavy atom. The topological polar surface area (TPSA) is 124 Å². The van der Waals surface area contributed by atoms with Gasteiger partial charge in [0.05, 0.1) is 0 Å². The Kier molecular flexibility index (Phi) is 7.22. The molecule has 1 amide bonds. The van der Waals surface area contributed by atoms with Crippen LogP contribution in [0.4, 0.5) is 17.3 Å². The van der Waals surface area contributed by atoms with Gasteiger partial charge in [-0.3, -0.25) is 9.89 Å². The van der Waals surface area contributed by atoms with Crippen molar-refractivity contribution in [2.24, 2.45) is 0 Å². The number of ether oxygens (including phenoxy) is 1. The van der Waals surface area contributed by atoms with Gasteiger partial charge in [-0.2, -0.15) is 5.10 Å². The molecule has 1 saturated heterocycles. The number of hydrogen-bond donors (Lipinski definition) is 3. The summed E-state index contributed by atoms with van der Waals surface area (Å²) in [5, 5.41) is 14.9. The van der Waals surface area contributed by atoms with E-state index in [1.807, 2.05) is 60.3 Å². The molecule has 1 fully saturated rings. The summed E-state index contributed by atoms with van der Waals surface area (Å²) >= 11 is 0. The lowest BCUT2D eigenvalue weighted by Crippen LogP contribution is -2.30. The number of fused-ring (bicyclic) bond motifs is 1. The first-order chi connectivity index (χ1) is 18.0. The van der Waals surface area contributed by atoms with Crippen LogP contribution >= 0.6 is 0 Å². The molecular formula is C26H29N9O2. The lowest BCUT2D eigenvalue weighted by molar-refractivity contribution is -0.125. The molecule has 1 aromatic carbocycles. The summed E-state index contributed by atoms with van der Waals surface area (Å²) in [7, 11) is 3.94. The van der Waals surface area contributed by atoms with Crippen molar-refractivity contribution in [3.63, 3.8) is 0 Å². The predicted molar refractivity (Wildman–Crippen MR) is 142 cm³/mol. The third-order valence-corrected chi connectivity index (χ3v) is 5.91. The summed E-state index contributed by atoms with van der Waals surface area (Å²) in [4.78, 5) is 28.9. The molecule has 0 aliphatic carbocycles. The van der Waals surface area contributed by atoms with Crippen molar-refractivity contribution in [1.82, 2.24) is 34.9 Å². The summed E-state index contributed by atoms with van der Waals surface area (Å²) in [6, 6.07) is 11.3. The van der Waals surface area contributed by atoms with Gasteiger partial charge in [0, 0.05) is 62.0 Å². The molecule has 11 nitrogen and oxygen atoms in total. The number of pyridine rings is 1. The fourth-order valence-corrected chi connectivity index (χ4v) is 4.13. The van der Waals surface area contributed by atoms with Crippen LogP contribution in [0.15, 0.2) is 67.3 Å². The van der Waals surface area contributed by atoms with Crippen LogP contribution in [0.3, 0.4) is 0 Å². The van der Waals surface area contributed by atoms with Crippen molar-refractivity contribution < 1.29 is 9.53 Å². The van der Waals surface area contributed by atoms with Crippen molar-refractivity contribution in [2.75, 3.05) is 44.4 Å². The number of likely N-dealkylation sites (tertiary alicyclic amines) is 1. The van der Waals surface area contributed by atoms with E-state index in [-0.39, 0.29) is 11.9 Å². The second kappa shape index (κ2) is 11.0. The molecule has 190 valence electrons. The van der Waals surface area contributed by atoms with Crippen LogP contribution in [0.5, 0.6) is 11.5 Å². The monoisotopic (exact) mass is 499 g/mol. The summed E-state index contributed by atoms with van der Waals surface area (Å²) < 4.78 is 6.27. The molecule has 11 heteroatoms. The zero-order chi connectivity index (χ0) is 25.6. The van der Waals surface area contributed by atoms with Crippen LogP contribution < -0.4 is 15.4 Å². The van der Waals surface area contributed by atoms with Crippen LogP contribution in [-0.4, -0.2) is 80.6 Å². The molecule has 4 heterocycles. The number of anilines is 3. The van der Waals surface area contributed by atoms with E-state index in [0.29, 0.717) is 41.9 Å². The van der Waals surface area contributed by atoms with Gasteiger partial charge in [-0.1, -0.05) is 12.1 Å². The highest BCUT2D eigenvalue weighted by Crippen LogP contribution is 2.34. The van der Waals surface area contributed by atoms with Gasteiger partial charge >= 0.3 is 0 Å². The van der Waals surface area contributed by atoms with Crippen molar-refractivity contribution in [2.45, 2.75) is 12.5 Å². The van der Waals surface area contributed by atoms with E-state index < -0.39 is 0 Å². The fourth-order valence-electron chi connectivity index (χ4n) is 4.13. The lowest BCUT2D eigenvalue weighted by Gasteiger charge is -2.16. The first kappa shape index (κ1) is 24.2. The molecule has 0 radical (unpaired) electrons. The van der Waals surface area contributed by atoms with Gasteiger partial charge in [0.15, 0.2) is 11.5 Å². The standard InChI is InChI=1S/C26H29N9O2/c1-34(2)13-4-7-23(36)35-14-10-19(16-35)31-26-24-21(8-12-28-25(24)32-33-26)37-20-6-3-5-18(15-20)30-22-9-11-27-17-29-22/h3-9,11-12,15,17,19H,10,13-14,16H2,1-2H3,(H,27,29,30)(H2,28,31,32,33). The van der Waals surface area contributed by atoms with Crippen molar-refractivity contribution in [1.29, 1.82) is 0 Å². The van der Waals surface area contributed by atoms with Crippen LogP contribution in [0.2, 0.25) is 0 Å². The van der Waals surface area contributed by atoms with Crippen molar-refractivity contribution in [3.8, 4) is 11.5 Å². The molecule has 1 unspecified atom stereocenters. The number of aromatic nitrogens is 5. The van der Waals surface area contributed by atoms with Crippen LogP contribution in [0, 0.1) is 0 Å². The SMILES string of the molecule is CN(C)CC=CC(=O)N1CCC(Nc2n[nH]c3nccc(Oc4cccc(Nc5ccncn5)c4)c23)C1. The number of nitrogens with zero attached hydrogens (tertiary/aromatic N) is 6. The average Bonchev–Trinajstić information content (AvgIpc) is 3.53. The molecule has 0 bridgehead atoms. The van der Waals surface area contributed by atoms with Gasteiger partial charge in [0.2, 0.25) is 5.91 Å². The number of H-pyrrole nitrogens is 1. The number of benzene rings is 1. The number of rotatable bonds is 9. The largest absolute Gasteiger partial charge is 0.456 e. The molecule has 37 heavy (non-hydrogen) atoms. The first-order valence-electron chi connectivity index (χ1n) is 12.1. The Labute approximate surface area is 214 Å². The molecule has 0 saturated carbocycles. The summed E-state index contributed by atoms with van der Waals surface area (Å²) in [6.07, 6.45) is 9.21. The molecular weight excluding hydrogens is 470 g/mol. The smallest absolute Gasteiger partial charge is 0.246 e. The van der Waals surface area contributed by atoms with E-state index in [2.05, 4.69) is 35.8 Å². The molecule has 3 N–H and O–H groups in total. The summed E-state index contributed by atoms with van der Waals surface area (Å²) in [6.45, 7) is 2.03. The van der Waals surface area contributed by atoms with Crippen LogP contribution in [0.25, 0.3) is 11.0 Å². The summed E-state index contributed by atoms with van der Waals surface area (Å²) in [5.41, 5.74) is 1.45. The van der Waals surface area contributed by atoms with Crippen LogP contribution in [0.1, 0.15) is 6.42 Å². The van der Waals surface area contributed by atoms with Gasteiger partial charge in [0.25, 0.3) is 0 Å². The Hall–Kier alpha value is -4.51. The number of aromatic amines is 1. The zero-order valence-corrected chi connectivity index (χ0v) is 20.8. The number of likely N-dealkylation sites (N-methyl/N-ethyl adjacent to an activating group) is 1. The van der Waals surface area contributed by atoms with Gasteiger partial charge in [-0.05, 0) is 38.7 Å². The Balaban J connectivity index is 1.29. The van der Waals surface area contributed by atoms with Gasteiger partial charge in [-0.15, -0.1) is 0 Å². The second-order valence-corrected chi connectivity index (χ2v) is 9.03. The zero-order valence-electron chi connectivity index (χ0n) is 20.8. The molecule has 1 atom stereocenters. The fraction of sp³-hybridized carbons (Fsp3) is 0.269. The maximum absolute atomic E-state index is 12.5. The number of carbonyl (C=O) groups excluding carboxylic acids is 1. The number of hydrogen-bond acceptors (Lipinski definition) is 9. The molecule has 0 spiro atoms. The van der Waals surface area contributed by atoms with Gasteiger partial charge in [0.1, 0.15) is 29.0 Å². The minimum atomic E-state index is 0.0270. The molecule has 3 aromatic heterocycles. The number of nitrogens with one attached hydrogen (secondary N) is 3. The lowest BCUT2D eigenvalue weighted by atomic mass is 10.2. The van der Waals surface area contributed by atoms with E-state index in [4.69, 9.17) is 4.74 Å². The highest BCUT2D eigenvalue weighted by Gasteiger charge is 2.26. The van der Waals surface area contributed by atoms with E-state index >= 15 is 0 Å². The third-order valence-electron chi connectivity index (χ3n) is 5.91. The van der Waals surface area contributed by atoms with Crippen molar-refractivity contribution >= 4 is 34.3 Å². The van der Waals surface area contributed by atoms with E-state index in [1.54, 1.807) is 24.5 Å². The van der Waals surface area contributed by atoms with Crippen LogP contribution in [-0.2, 0) is 4.79 Å². The Morgan fingerprint density at radius 2 is 2.16 bits per heavy atom. The summed E-state index contributed by atoms with van der Waals surface area (Å²) in [5.74, 6) is 2.64. The molecule has 4 aromatic rings. The highest BCUT2D eigenvalue weighted by molar-refractivity contribution is 5.93. The third kappa shape index (κ3) is 6.01. The Morgan fingerprint density at radius 1 is 1.24 bits per heavy atom. The average molecular weight is 500 g/mol. The highest BCUT2D eigenvalue weighted by atomic mass is 16.5. The maximum Gasteiger partial charge on any atom is 0.246 e. The second-order valence-electron chi connectivity index (χ2n) is 9.03. The quantitative estimate of drug-likeness (QED) is 0.297. The van der Waals surface area contributed by atoms with Gasteiger partial charge < -0.3 is 25.2 Å². The molecule has 1 aliphatic heterocycles. The minimum absolute atomic E-state index is 0.0270. The predicted octanol–water partition coefficient (Wildman–Crippen LogP) is 3.41. The first-order valence-corrected chi connectivity index (χ1v) is 12.1. The van der Waals surface area contributed by atoms with Crippen molar-refractivity contribution in [3.05, 3.63) is 67.3 Å². The Bertz CT molecular complexity index is 1390. The van der Waals surface area contributed by atoms with E-state index in [9.17, 15) is 4.79 Å². The number of amides is 1. The number of carbonyl (C=O) groups is 1. The van der Waals surface area contributed by atoms with E-state index in [0.717, 1.165) is 24.0 Å². The molecule has 5 rings (SSSR count). The minimum Gasteiger partial charge on any atom is -0.456 e. The van der Waals surface area contributed by atoms with E-state index in [1.165, 1.54) is 6.33 Å². The normalized spacial score (nSPS) is 15.5. The molecule has 1 aliphatic rings. The van der Waals surface area contributed by atoms with Gasteiger partial charge in [-0.25, -0.2) is 15.0 Å².